The van der Waals surface area contributed by atoms with Crippen molar-refractivity contribution in [2.24, 2.45) is 35.3 Å². The molecule has 210 valence electrons. The lowest BCUT2D eigenvalue weighted by Crippen LogP contribution is -2.74. The van der Waals surface area contributed by atoms with Crippen molar-refractivity contribution in [1.82, 2.24) is 10.2 Å². The molecule has 0 heterocycles. The second kappa shape index (κ2) is 10.2. The van der Waals surface area contributed by atoms with Crippen LogP contribution in [0.2, 0.25) is 0 Å². The predicted molar refractivity (Wildman–Crippen MR) is 138 cm³/mol. The van der Waals surface area contributed by atoms with Crippen molar-refractivity contribution in [3.63, 3.8) is 0 Å². The van der Waals surface area contributed by atoms with Crippen LogP contribution in [-0.4, -0.2) is 88.9 Å². The molecule has 4 rings (SSSR count). The minimum absolute atomic E-state index is 0.0162. The number of likely N-dealkylation sites (N-methyl/N-ethyl adjacent to an activating group) is 1. The minimum atomic E-state index is -2.78. The van der Waals surface area contributed by atoms with Crippen LogP contribution in [0.3, 0.4) is 0 Å². The molecule has 6 atom stereocenters. The number of nitrogens with zero attached hydrogens (tertiary/aromatic N) is 1. The van der Waals surface area contributed by atoms with E-state index in [9.17, 15) is 39.0 Å². The van der Waals surface area contributed by atoms with Crippen LogP contribution in [0.5, 0.6) is 5.75 Å². The molecule has 3 aliphatic carbocycles. The van der Waals surface area contributed by atoms with Gasteiger partial charge in [-0.1, -0.05) is 19.9 Å². The summed E-state index contributed by atoms with van der Waals surface area (Å²) in [5, 5.41) is 28.1. The topological polar surface area (TPSA) is 196 Å². The number of amides is 2. The first kappa shape index (κ1) is 28.5. The number of phenols is 1. The third-order valence-corrected chi connectivity index (χ3v) is 8.05. The fourth-order valence-corrected chi connectivity index (χ4v) is 6.35. The van der Waals surface area contributed by atoms with Gasteiger partial charge in [-0.25, -0.2) is 0 Å². The molecule has 0 aliphatic heterocycles. The number of carbonyl (C=O) groups excluding carboxylic acids is 6. The SMILES string of the molecule is CC(C)CNCC(=O)Nc1ccc2c(c1O)C(=O)C1C(=O)[C@]3(O)C(=O)C(C(N)=O)C(=O)[C@@H](N(C)C)C3CC1C2. The Kier molecular flexibility index (Phi) is 7.50. The van der Waals surface area contributed by atoms with Gasteiger partial charge in [0.2, 0.25) is 11.8 Å². The fraction of sp³-hybridized carbons (Fsp3) is 0.556. The molecule has 0 spiro atoms. The fourth-order valence-electron chi connectivity index (χ4n) is 6.35. The van der Waals surface area contributed by atoms with Crippen molar-refractivity contribution in [1.29, 1.82) is 0 Å². The normalized spacial score (nSPS) is 30.2. The predicted octanol–water partition coefficient (Wildman–Crippen LogP) is -0.949. The molecule has 4 unspecified atom stereocenters. The number of aromatic hydroxyl groups is 1. The maximum atomic E-state index is 13.8. The summed E-state index contributed by atoms with van der Waals surface area (Å²) in [6.45, 7) is 4.55. The Balaban J connectivity index is 1.69. The molecule has 6 N–H and O–H groups in total. The number of nitrogens with one attached hydrogen (secondary N) is 2. The van der Waals surface area contributed by atoms with Crippen molar-refractivity contribution >= 4 is 40.6 Å². The smallest absolute Gasteiger partial charge is 0.238 e. The van der Waals surface area contributed by atoms with Crippen LogP contribution in [0, 0.1) is 29.6 Å². The third kappa shape index (κ3) is 4.56. The summed E-state index contributed by atoms with van der Waals surface area (Å²) in [5.41, 5.74) is 2.80. The summed E-state index contributed by atoms with van der Waals surface area (Å²) in [6.07, 6.45) is 0.133. The second-order valence-electron chi connectivity index (χ2n) is 11.4. The van der Waals surface area contributed by atoms with Crippen LogP contribution in [0.15, 0.2) is 12.1 Å². The first-order valence-corrected chi connectivity index (χ1v) is 12.9. The van der Waals surface area contributed by atoms with Gasteiger partial charge >= 0.3 is 0 Å². The number of ketones is 4. The molecule has 3 aliphatic rings. The van der Waals surface area contributed by atoms with Crippen LogP contribution in [0.1, 0.15) is 36.2 Å². The van der Waals surface area contributed by atoms with E-state index in [0.717, 1.165) is 0 Å². The van der Waals surface area contributed by atoms with E-state index in [1.807, 2.05) is 13.8 Å². The van der Waals surface area contributed by atoms with E-state index in [2.05, 4.69) is 10.6 Å². The van der Waals surface area contributed by atoms with Crippen molar-refractivity contribution in [3.05, 3.63) is 23.3 Å². The molecule has 0 bridgehead atoms. The first-order chi connectivity index (χ1) is 18.2. The molecule has 12 nitrogen and oxygen atoms in total. The minimum Gasteiger partial charge on any atom is -0.505 e. The van der Waals surface area contributed by atoms with E-state index in [0.29, 0.717) is 18.0 Å². The molecule has 39 heavy (non-hydrogen) atoms. The van der Waals surface area contributed by atoms with Gasteiger partial charge in [0.15, 0.2) is 34.7 Å². The highest BCUT2D eigenvalue weighted by molar-refractivity contribution is 6.32. The highest BCUT2D eigenvalue weighted by atomic mass is 16.3. The van der Waals surface area contributed by atoms with E-state index in [4.69, 9.17) is 5.73 Å². The second-order valence-corrected chi connectivity index (χ2v) is 11.4. The molecule has 0 saturated heterocycles. The van der Waals surface area contributed by atoms with Crippen LogP contribution in [-0.2, 0) is 30.4 Å². The number of rotatable bonds is 7. The number of hydrogen-bond donors (Lipinski definition) is 5. The number of aliphatic hydroxyl groups is 1. The van der Waals surface area contributed by atoms with Gasteiger partial charge in [-0.3, -0.25) is 33.7 Å². The highest BCUT2D eigenvalue weighted by Crippen LogP contribution is 2.51. The average Bonchev–Trinajstić information content (AvgIpc) is 2.82. The van der Waals surface area contributed by atoms with E-state index < -0.39 is 76.0 Å². The van der Waals surface area contributed by atoms with Gasteiger partial charge in [-0.2, -0.15) is 0 Å². The molecule has 2 fully saturated rings. The Morgan fingerprint density at radius 1 is 1.15 bits per heavy atom. The lowest BCUT2D eigenvalue weighted by atomic mass is 9.52. The number of carbonyl (C=O) groups is 6. The van der Waals surface area contributed by atoms with Gasteiger partial charge in [0.05, 0.1) is 29.8 Å². The summed E-state index contributed by atoms with van der Waals surface area (Å²) in [4.78, 5) is 79.7. The van der Waals surface area contributed by atoms with Crippen molar-refractivity contribution in [2.45, 2.75) is 38.3 Å². The Morgan fingerprint density at radius 2 is 1.82 bits per heavy atom. The van der Waals surface area contributed by atoms with Gasteiger partial charge < -0.3 is 26.6 Å². The summed E-state index contributed by atoms with van der Waals surface area (Å²) in [5.74, 6) is -11.3. The highest BCUT2D eigenvalue weighted by Gasteiger charge is 2.69. The summed E-state index contributed by atoms with van der Waals surface area (Å²) >= 11 is 0. The van der Waals surface area contributed by atoms with Gasteiger partial charge in [-0.05, 0) is 56.9 Å². The van der Waals surface area contributed by atoms with E-state index in [1.54, 1.807) is 6.07 Å². The molecular formula is C27H34N4O8. The van der Waals surface area contributed by atoms with Crippen molar-refractivity contribution in [3.8, 4) is 5.75 Å². The Bertz CT molecular complexity index is 1270. The standard InChI is InChI=1S/C27H34N4O8/c1-11(2)9-29-10-16(32)30-15-6-5-12-7-13-8-14-20(31(3)4)23(35)19(26(28)38)25(37)27(14,39)24(36)18(13)22(34)17(12)21(15)33/h5-6,11,13-14,18-20,29,33,39H,7-10H2,1-4H3,(H2,28,38)(H,30,32)/t13?,14?,18?,19?,20-,27-/m0/s1. The number of fused-ring (bicyclic) bond motifs is 3. The third-order valence-electron chi connectivity index (χ3n) is 8.05. The number of Topliss-reactive ketones (excluding diaryl/α,β-unsaturated/α-hetero) is 4. The summed E-state index contributed by atoms with van der Waals surface area (Å²) in [6, 6.07) is 1.90. The zero-order chi connectivity index (χ0) is 29.0. The molecule has 2 amide bonds. The zero-order valence-corrected chi connectivity index (χ0v) is 22.3. The van der Waals surface area contributed by atoms with Gasteiger partial charge in [0.1, 0.15) is 5.75 Å². The van der Waals surface area contributed by atoms with E-state index in [1.165, 1.54) is 25.1 Å². The van der Waals surface area contributed by atoms with Crippen LogP contribution < -0.4 is 16.4 Å². The number of anilines is 1. The van der Waals surface area contributed by atoms with Crippen LogP contribution in [0.4, 0.5) is 5.69 Å². The molecule has 1 aromatic rings. The number of phenolic OH excluding ortho intramolecular Hbond substituents is 1. The Labute approximate surface area is 225 Å². The maximum Gasteiger partial charge on any atom is 0.238 e. The van der Waals surface area contributed by atoms with Crippen molar-refractivity contribution < 1.29 is 39.0 Å². The number of hydrogen-bond acceptors (Lipinski definition) is 10. The summed E-state index contributed by atoms with van der Waals surface area (Å²) in [7, 11) is 3.06. The van der Waals surface area contributed by atoms with Gasteiger partial charge in [0, 0.05) is 5.92 Å². The average molecular weight is 543 g/mol. The quantitative estimate of drug-likeness (QED) is 0.212. The molecule has 0 aromatic heterocycles. The molecule has 1 aromatic carbocycles. The zero-order valence-electron chi connectivity index (χ0n) is 22.3. The molecular weight excluding hydrogens is 508 g/mol. The monoisotopic (exact) mass is 542 g/mol. The van der Waals surface area contributed by atoms with E-state index in [-0.39, 0.29) is 30.6 Å². The van der Waals surface area contributed by atoms with Gasteiger partial charge in [0.25, 0.3) is 0 Å². The maximum absolute atomic E-state index is 13.8. The number of primary amides is 1. The van der Waals surface area contributed by atoms with Crippen LogP contribution in [0.25, 0.3) is 0 Å². The van der Waals surface area contributed by atoms with E-state index >= 15 is 0 Å². The molecule has 2 saturated carbocycles. The largest absolute Gasteiger partial charge is 0.505 e. The molecule has 12 heteroatoms. The van der Waals surface area contributed by atoms with Crippen molar-refractivity contribution in [2.75, 3.05) is 32.5 Å². The lowest BCUT2D eigenvalue weighted by molar-refractivity contribution is -0.181. The Hall–Kier alpha value is -3.48. The lowest BCUT2D eigenvalue weighted by Gasteiger charge is -2.52. The number of nitrogens with two attached hydrogens (primary N) is 1. The summed E-state index contributed by atoms with van der Waals surface area (Å²) < 4.78 is 0. The van der Waals surface area contributed by atoms with Gasteiger partial charge in [-0.15, -0.1) is 0 Å². The molecule has 0 radical (unpaired) electrons. The van der Waals surface area contributed by atoms with Crippen LogP contribution >= 0.6 is 0 Å². The number of benzene rings is 1. The Morgan fingerprint density at radius 3 is 2.41 bits per heavy atom. The first-order valence-electron chi connectivity index (χ1n) is 12.9.